The average molecular weight is 247 g/mol. The molecule has 18 heavy (non-hydrogen) atoms. The van der Waals surface area contributed by atoms with Crippen molar-refractivity contribution < 1.29 is 5.11 Å². The first kappa shape index (κ1) is 13.6. The number of hydrogen-bond donors (Lipinski definition) is 2. The van der Waals surface area contributed by atoms with Gasteiger partial charge in [0.25, 0.3) is 0 Å². The molecule has 3 N–H and O–H groups in total. The molecule has 0 fully saturated rings. The standard InChI is InChI=1S/C16H25NO/c1-12(16(10-17)11-18)8-13-6-7-14-4-2-3-5-15(14)9-13/h6-7,9,12,16,18H,2-5,8,10-11,17H2,1H3. The zero-order valence-electron chi connectivity index (χ0n) is 11.4. The lowest BCUT2D eigenvalue weighted by atomic mass is 9.85. The second kappa shape index (κ2) is 6.35. The molecule has 0 saturated carbocycles. The predicted molar refractivity (Wildman–Crippen MR) is 75.6 cm³/mol. The molecule has 0 saturated heterocycles. The van der Waals surface area contributed by atoms with Crippen LogP contribution in [0.5, 0.6) is 0 Å². The fraction of sp³-hybridized carbons (Fsp3) is 0.625. The molecule has 1 aliphatic rings. The van der Waals surface area contributed by atoms with Crippen LogP contribution in [0.4, 0.5) is 0 Å². The lowest BCUT2D eigenvalue weighted by Crippen LogP contribution is -2.26. The minimum absolute atomic E-state index is 0.197. The SMILES string of the molecule is CC(Cc1ccc2c(c1)CCCC2)C(CN)CO. The van der Waals surface area contributed by atoms with Gasteiger partial charge >= 0.3 is 0 Å². The van der Waals surface area contributed by atoms with Gasteiger partial charge in [-0.2, -0.15) is 0 Å². The van der Waals surface area contributed by atoms with E-state index in [-0.39, 0.29) is 12.5 Å². The quantitative estimate of drug-likeness (QED) is 0.838. The van der Waals surface area contributed by atoms with Gasteiger partial charge in [0.15, 0.2) is 0 Å². The summed E-state index contributed by atoms with van der Waals surface area (Å²) >= 11 is 0. The summed E-state index contributed by atoms with van der Waals surface area (Å²) in [7, 11) is 0. The molecule has 2 nitrogen and oxygen atoms in total. The van der Waals surface area contributed by atoms with Crippen molar-refractivity contribution in [3.8, 4) is 0 Å². The van der Waals surface area contributed by atoms with Gasteiger partial charge in [0.05, 0.1) is 0 Å². The summed E-state index contributed by atoms with van der Waals surface area (Å²) in [4.78, 5) is 0. The molecule has 100 valence electrons. The van der Waals surface area contributed by atoms with Gasteiger partial charge < -0.3 is 10.8 Å². The third-order valence-electron chi connectivity index (χ3n) is 4.31. The van der Waals surface area contributed by atoms with Crippen LogP contribution in [-0.4, -0.2) is 18.3 Å². The van der Waals surface area contributed by atoms with E-state index in [1.165, 1.54) is 36.8 Å². The molecule has 0 amide bonds. The fourth-order valence-corrected chi connectivity index (χ4v) is 2.94. The number of rotatable bonds is 5. The van der Waals surface area contributed by atoms with Crippen LogP contribution in [0.25, 0.3) is 0 Å². The molecule has 0 bridgehead atoms. The fourth-order valence-electron chi connectivity index (χ4n) is 2.94. The summed E-state index contributed by atoms with van der Waals surface area (Å²) in [6.45, 7) is 2.96. The van der Waals surface area contributed by atoms with E-state index in [9.17, 15) is 5.11 Å². The van der Waals surface area contributed by atoms with E-state index >= 15 is 0 Å². The molecule has 0 heterocycles. The molecular weight excluding hydrogens is 222 g/mol. The Morgan fingerprint density at radius 3 is 2.61 bits per heavy atom. The van der Waals surface area contributed by atoms with Crippen molar-refractivity contribution in [1.29, 1.82) is 0 Å². The first-order chi connectivity index (χ1) is 8.74. The van der Waals surface area contributed by atoms with Crippen LogP contribution in [-0.2, 0) is 19.3 Å². The van der Waals surface area contributed by atoms with Crippen LogP contribution in [0.1, 0.15) is 36.5 Å². The molecule has 2 atom stereocenters. The van der Waals surface area contributed by atoms with E-state index in [0.29, 0.717) is 12.5 Å². The minimum atomic E-state index is 0.197. The second-order valence-electron chi connectivity index (χ2n) is 5.67. The molecule has 0 spiro atoms. The molecule has 1 aromatic carbocycles. The van der Waals surface area contributed by atoms with E-state index in [1.54, 1.807) is 5.56 Å². The van der Waals surface area contributed by atoms with E-state index < -0.39 is 0 Å². The van der Waals surface area contributed by atoms with Crippen molar-refractivity contribution in [3.05, 3.63) is 34.9 Å². The van der Waals surface area contributed by atoms with Crippen LogP contribution in [0.2, 0.25) is 0 Å². The van der Waals surface area contributed by atoms with Gasteiger partial charge in [-0.15, -0.1) is 0 Å². The number of hydrogen-bond acceptors (Lipinski definition) is 2. The molecule has 1 aliphatic carbocycles. The zero-order valence-corrected chi connectivity index (χ0v) is 11.4. The maximum Gasteiger partial charge on any atom is 0.0474 e. The smallest absolute Gasteiger partial charge is 0.0474 e. The van der Waals surface area contributed by atoms with Crippen molar-refractivity contribution >= 4 is 0 Å². The van der Waals surface area contributed by atoms with Crippen LogP contribution >= 0.6 is 0 Å². The largest absolute Gasteiger partial charge is 0.396 e. The van der Waals surface area contributed by atoms with Crippen LogP contribution < -0.4 is 5.73 Å². The van der Waals surface area contributed by atoms with Crippen molar-refractivity contribution in [1.82, 2.24) is 0 Å². The minimum Gasteiger partial charge on any atom is -0.396 e. The molecule has 2 heteroatoms. The Hall–Kier alpha value is -0.860. The monoisotopic (exact) mass is 247 g/mol. The first-order valence-corrected chi connectivity index (χ1v) is 7.16. The van der Waals surface area contributed by atoms with Gasteiger partial charge in [-0.25, -0.2) is 0 Å². The molecule has 1 aromatic rings. The summed E-state index contributed by atoms with van der Waals surface area (Å²) in [6, 6.07) is 6.93. The maximum atomic E-state index is 9.29. The van der Waals surface area contributed by atoms with Crippen molar-refractivity contribution in [2.24, 2.45) is 17.6 Å². The summed E-state index contributed by atoms with van der Waals surface area (Å²) in [5.74, 6) is 0.669. The van der Waals surface area contributed by atoms with Crippen molar-refractivity contribution in [2.75, 3.05) is 13.2 Å². The van der Waals surface area contributed by atoms with E-state index in [2.05, 4.69) is 25.1 Å². The Balaban J connectivity index is 2.05. The van der Waals surface area contributed by atoms with Gasteiger partial charge in [0, 0.05) is 6.61 Å². The Morgan fingerprint density at radius 2 is 1.94 bits per heavy atom. The molecule has 0 radical (unpaired) electrons. The Morgan fingerprint density at radius 1 is 1.22 bits per heavy atom. The highest BCUT2D eigenvalue weighted by molar-refractivity contribution is 5.34. The summed E-state index contributed by atoms with van der Waals surface area (Å²) < 4.78 is 0. The lowest BCUT2D eigenvalue weighted by molar-refractivity contribution is 0.187. The van der Waals surface area contributed by atoms with Crippen LogP contribution in [0.3, 0.4) is 0 Å². The topological polar surface area (TPSA) is 46.2 Å². The van der Waals surface area contributed by atoms with Gasteiger partial charge in [-0.3, -0.25) is 0 Å². The van der Waals surface area contributed by atoms with E-state index in [4.69, 9.17) is 5.73 Å². The molecule has 0 aliphatic heterocycles. The number of aryl methyl sites for hydroxylation is 2. The number of aliphatic hydroxyl groups is 1. The van der Waals surface area contributed by atoms with Crippen molar-refractivity contribution in [2.45, 2.75) is 39.0 Å². The first-order valence-electron chi connectivity index (χ1n) is 7.16. The Labute approximate surface area is 110 Å². The van der Waals surface area contributed by atoms with Gasteiger partial charge in [0.2, 0.25) is 0 Å². The highest BCUT2D eigenvalue weighted by atomic mass is 16.3. The van der Waals surface area contributed by atoms with Crippen LogP contribution in [0, 0.1) is 11.8 Å². The van der Waals surface area contributed by atoms with Gasteiger partial charge in [-0.05, 0) is 67.2 Å². The van der Waals surface area contributed by atoms with Crippen molar-refractivity contribution in [3.63, 3.8) is 0 Å². The third kappa shape index (κ3) is 3.12. The number of benzene rings is 1. The van der Waals surface area contributed by atoms with Gasteiger partial charge in [0.1, 0.15) is 0 Å². The maximum absolute atomic E-state index is 9.29. The molecule has 2 unspecified atom stereocenters. The summed E-state index contributed by atoms with van der Waals surface area (Å²) in [6.07, 6.45) is 6.16. The average Bonchev–Trinajstić information content (AvgIpc) is 2.40. The number of aliphatic hydroxyl groups excluding tert-OH is 1. The highest BCUT2D eigenvalue weighted by Gasteiger charge is 2.16. The number of nitrogens with two attached hydrogens (primary N) is 1. The summed E-state index contributed by atoms with van der Waals surface area (Å²) in [5, 5.41) is 9.29. The van der Waals surface area contributed by atoms with Gasteiger partial charge in [-0.1, -0.05) is 25.1 Å². The predicted octanol–water partition coefficient (Wildman–Crippen LogP) is 2.31. The molecular formula is C16H25NO. The highest BCUT2D eigenvalue weighted by Crippen LogP contribution is 2.24. The molecule has 2 rings (SSSR count). The Kier molecular flexibility index (Phi) is 4.79. The Bertz CT molecular complexity index is 385. The van der Waals surface area contributed by atoms with E-state index in [1.807, 2.05) is 0 Å². The second-order valence-corrected chi connectivity index (χ2v) is 5.67. The molecule has 0 aromatic heterocycles. The third-order valence-corrected chi connectivity index (χ3v) is 4.31. The summed E-state index contributed by atoms with van der Waals surface area (Å²) in [5.41, 5.74) is 10.2. The lowest BCUT2D eigenvalue weighted by Gasteiger charge is -2.22. The normalized spacial score (nSPS) is 18.2. The van der Waals surface area contributed by atoms with E-state index in [0.717, 1.165) is 6.42 Å². The zero-order chi connectivity index (χ0) is 13.0. The van der Waals surface area contributed by atoms with Crippen LogP contribution in [0.15, 0.2) is 18.2 Å². The number of fused-ring (bicyclic) bond motifs is 1.